The summed E-state index contributed by atoms with van der Waals surface area (Å²) in [4.78, 5) is 17.9. The van der Waals surface area contributed by atoms with Crippen molar-refractivity contribution >= 4 is 5.82 Å². The molecule has 8 heteroatoms. The maximum absolute atomic E-state index is 14.6. The van der Waals surface area contributed by atoms with E-state index in [0.717, 1.165) is 30.8 Å². The van der Waals surface area contributed by atoms with Crippen LogP contribution in [0, 0.1) is 29.0 Å². The molecule has 1 atom stereocenters. The van der Waals surface area contributed by atoms with E-state index >= 15 is 0 Å². The lowest BCUT2D eigenvalue weighted by Crippen LogP contribution is -2.27. The van der Waals surface area contributed by atoms with Crippen molar-refractivity contribution in [2.45, 2.75) is 19.3 Å². The van der Waals surface area contributed by atoms with Gasteiger partial charge in [0, 0.05) is 24.7 Å². The van der Waals surface area contributed by atoms with Crippen LogP contribution in [0.2, 0.25) is 0 Å². The average molecular weight is 474 g/mol. The van der Waals surface area contributed by atoms with Crippen LogP contribution in [0.1, 0.15) is 24.8 Å². The second-order valence-corrected chi connectivity index (χ2v) is 9.35. The zero-order valence-corrected chi connectivity index (χ0v) is 19.7. The minimum Gasteiger partial charge on any atom is -0.493 e. The summed E-state index contributed by atoms with van der Waals surface area (Å²) in [6, 6.07) is 13.8. The summed E-state index contributed by atoms with van der Waals surface area (Å²) in [5, 5.41) is 15.7. The Kier molecular flexibility index (Phi) is 6.51. The molecule has 1 aliphatic carbocycles. The van der Waals surface area contributed by atoms with Gasteiger partial charge in [0.2, 0.25) is 0 Å². The zero-order valence-electron chi connectivity index (χ0n) is 19.7. The van der Waals surface area contributed by atoms with E-state index in [1.807, 2.05) is 30.3 Å². The zero-order chi connectivity index (χ0) is 24.4. The fraction of sp³-hybridized carbons (Fsp3) is 0.370. The van der Waals surface area contributed by atoms with Crippen molar-refractivity contribution in [3.05, 3.63) is 64.2 Å². The topological polar surface area (TPSA) is 92.0 Å². The molecule has 180 valence electrons. The van der Waals surface area contributed by atoms with Gasteiger partial charge >= 0.3 is 0 Å². The molecule has 1 aliphatic heterocycles. The molecule has 2 aliphatic rings. The van der Waals surface area contributed by atoms with Crippen molar-refractivity contribution in [3.8, 4) is 34.3 Å². The van der Waals surface area contributed by atoms with Crippen molar-refractivity contribution in [1.29, 1.82) is 5.26 Å². The highest BCUT2D eigenvalue weighted by Crippen LogP contribution is 2.33. The SMILES string of the molecule is Cn1c(-c2ccc(OCC3CC3)cc2)c(-c2ccc(C#N)c(F)c2)nc(NC[C@H]2CCNC2)c1=O. The first-order valence-electron chi connectivity index (χ1n) is 12.0. The summed E-state index contributed by atoms with van der Waals surface area (Å²) in [5.41, 5.74) is 2.01. The number of anilines is 1. The number of nitrogens with zero attached hydrogens (tertiary/aromatic N) is 3. The van der Waals surface area contributed by atoms with E-state index in [0.29, 0.717) is 41.9 Å². The molecule has 0 unspecified atom stereocenters. The molecule has 2 fully saturated rings. The molecule has 0 bridgehead atoms. The summed E-state index contributed by atoms with van der Waals surface area (Å²) in [7, 11) is 1.70. The molecule has 3 aromatic rings. The van der Waals surface area contributed by atoms with Crippen molar-refractivity contribution in [2.75, 3.05) is 31.6 Å². The number of hydrogen-bond donors (Lipinski definition) is 2. The standard InChI is InChI=1S/C27H28FN5O2/c1-33-25(19-6-8-22(9-7-19)35-16-17-2-3-17)24(20-4-5-21(13-29)23(28)12-20)32-26(27(33)34)31-15-18-10-11-30-14-18/h4-9,12,17-18,30H,2-3,10-11,14-16H2,1H3,(H,31,32)/t18-/m0/s1. The Hall–Kier alpha value is -3.70. The van der Waals surface area contributed by atoms with Crippen LogP contribution < -0.4 is 20.9 Å². The maximum Gasteiger partial charge on any atom is 0.293 e. The Labute approximate surface area is 203 Å². The lowest BCUT2D eigenvalue weighted by molar-refractivity contribution is 0.300. The van der Waals surface area contributed by atoms with Gasteiger partial charge in [-0.05, 0) is 80.6 Å². The molecule has 2 N–H and O–H groups in total. The molecule has 1 saturated heterocycles. The van der Waals surface area contributed by atoms with Crippen LogP contribution in [0.3, 0.4) is 0 Å². The first-order chi connectivity index (χ1) is 17.0. The third-order valence-corrected chi connectivity index (χ3v) is 6.68. The minimum atomic E-state index is -0.623. The van der Waals surface area contributed by atoms with Gasteiger partial charge in [0.1, 0.15) is 17.6 Å². The molecular formula is C27H28FN5O2. The minimum absolute atomic E-state index is 0.0376. The fourth-order valence-corrected chi connectivity index (χ4v) is 4.37. The Morgan fingerprint density at radius 3 is 2.60 bits per heavy atom. The monoisotopic (exact) mass is 473 g/mol. The summed E-state index contributed by atoms with van der Waals surface area (Å²) in [6.07, 6.45) is 3.47. The van der Waals surface area contributed by atoms with E-state index in [1.165, 1.54) is 25.0 Å². The van der Waals surface area contributed by atoms with E-state index in [4.69, 9.17) is 10.00 Å². The maximum atomic E-state index is 14.6. The number of benzene rings is 2. The van der Waals surface area contributed by atoms with E-state index in [-0.39, 0.29) is 16.9 Å². The van der Waals surface area contributed by atoms with E-state index in [1.54, 1.807) is 17.7 Å². The number of hydrogen-bond acceptors (Lipinski definition) is 6. The largest absolute Gasteiger partial charge is 0.493 e. The van der Waals surface area contributed by atoms with Gasteiger partial charge in [0.15, 0.2) is 5.82 Å². The molecule has 0 radical (unpaired) electrons. The smallest absolute Gasteiger partial charge is 0.293 e. The van der Waals surface area contributed by atoms with Crippen molar-refractivity contribution in [3.63, 3.8) is 0 Å². The molecule has 0 amide bonds. The van der Waals surface area contributed by atoms with Crippen LogP contribution in [0.25, 0.3) is 22.5 Å². The van der Waals surface area contributed by atoms with Gasteiger partial charge in [-0.2, -0.15) is 5.26 Å². The number of rotatable bonds is 8. The highest BCUT2D eigenvalue weighted by Gasteiger charge is 2.23. The Bertz CT molecular complexity index is 1320. The summed E-state index contributed by atoms with van der Waals surface area (Å²) in [5.74, 6) is 1.44. The van der Waals surface area contributed by atoms with Gasteiger partial charge < -0.3 is 19.9 Å². The normalized spacial score (nSPS) is 17.2. The summed E-state index contributed by atoms with van der Waals surface area (Å²) in [6.45, 7) is 3.20. The van der Waals surface area contributed by atoms with E-state index in [2.05, 4.69) is 15.6 Å². The average Bonchev–Trinajstić information content (AvgIpc) is 3.56. The number of ether oxygens (including phenoxy) is 1. The molecule has 2 heterocycles. The molecule has 0 spiro atoms. The third-order valence-electron chi connectivity index (χ3n) is 6.68. The van der Waals surface area contributed by atoms with Crippen molar-refractivity contribution in [1.82, 2.24) is 14.9 Å². The van der Waals surface area contributed by atoms with Crippen LogP contribution >= 0.6 is 0 Å². The highest BCUT2D eigenvalue weighted by molar-refractivity contribution is 5.79. The fourth-order valence-electron chi connectivity index (χ4n) is 4.37. The lowest BCUT2D eigenvalue weighted by atomic mass is 10.0. The van der Waals surface area contributed by atoms with Gasteiger partial charge in [0.25, 0.3) is 5.56 Å². The number of nitriles is 1. The van der Waals surface area contributed by atoms with Gasteiger partial charge in [0.05, 0.1) is 23.6 Å². The summed E-state index contributed by atoms with van der Waals surface area (Å²) >= 11 is 0. The van der Waals surface area contributed by atoms with Crippen LogP contribution in [-0.4, -0.2) is 35.8 Å². The Morgan fingerprint density at radius 2 is 1.94 bits per heavy atom. The van der Waals surface area contributed by atoms with E-state index < -0.39 is 5.82 Å². The number of aromatic nitrogens is 2. The molecular weight excluding hydrogens is 445 g/mol. The predicted octanol–water partition coefficient (Wildman–Crippen LogP) is 3.94. The van der Waals surface area contributed by atoms with Crippen molar-refractivity contribution in [2.24, 2.45) is 18.9 Å². The molecule has 1 aromatic heterocycles. The highest BCUT2D eigenvalue weighted by atomic mass is 19.1. The molecule has 1 saturated carbocycles. The Morgan fingerprint density at radius 1 is 1.17 bits per heavy atom. The van der Waals surface area contributed by atoms with Gasteiger partial charge in [-0.1, -0.05) is 6.07 Å². The van der Waals surface area contributed by atoms with E-state index in [9.17, 15) is 9.18 Å². The summed E-state index contributed by atoms with van der Waals surface area (Å²) < 4.78 is 22.0. The first-order valence-corrected chi connectivity index (χ1v) is 12.0. The van der Waals surface area contributed by atoms with Crippen LogP contribution in [0.15, 0.2) is 47.3 Å². The lowest BCUT2D eigenvalue weighted by Gasteiger charge is -2.18. The molecule has 7 nitrogen and oxygen atoms in total. The quantitative estimate of drug-likeness (QED) is 0.515. The molecule has 2 aromatic carbocycles. The van der Waals surface area contributed by atoms with Gasteiger partial charge in [-0.3, -0.25) is 4.79 Å². The number of nitrogens with one attached hydrogen (secondary N) is 2. The van der Waals surface area contributed by atoms with Gasteiger partial charge in [-0.25, -0.2) is 9.37 Å². The second kappa shape index (κ2) is 9.88. The second-order valence-electron chi connectivity index (χ2n) is 9.35. The Balaban J connectivity index is 1.54. The van der Waals surface area contributed by atoms with Gasteiger partial charge in [-0.15, -0.1) is 0 Å². The number of halogens is 1. The van der Waals surface area contributed by atoms with Crippen LogP contribution in [0.5, 0.6) is 5.75 Å². The predicted molar refractivity (Wildman–Crippen MR) is 133 cm³/mol. The van der Waals surface area contributed by atoms with Crippen molar-refractivity contribution < 1.29 is 9.13 Å². The van der Waals surface area contributed by atoms with Crippen LogP contribution in [0.4, 0.5) is 10.2 Å². The molecule has 5 rings (SSSR count). The third kappa shape index (κ3) is 5.05. The molecule has 35 heavy (non-hydrogen) atoms. The van der Waals surface area contributed by atoms with Crippen LogP contribution in [-0.2, 0) is 7.05 Å². The first kappa shape index (κ1) is 23.1.